The van der Waals surface area contributed by atoms with Gasteiger partial charge in [0.2, 0.25) is 0 Å². The van der Waals surface area contributed by atoms with Crippen molar-refractivity contribution in [2.45, 2.75) is 20.3 Å². The number of nitrogens with one attached hydrogen (secondary N) is 1. The Balaban J connectivity index is 2.26. The van der Waals surface area contributed by atoms with Crippen molar-refractivity contribution in [3.8, 4) is 0 Å². The van der Waals surface area contributed by atoms with E-state index in [1.54, 1.807) is 14.0 Å². The maximum atomic E-state index is 12.2. The van der Waals surface area contributed by atoms with Gasteiger partial charge in [-0.3, -0.25) is 9.59 Å². The van der Waals surface area contributed by atoms with E-state index < -0.39 is 0 Å². The number of aliphatic hydroxyl groups is 1. The second kappa shape index (κ2) is 6.36. The minimum atomic E-state index is -0.192. The summed E-state index contributed by atoms with van der Waals surface area (Å²) >= 11 is 1.23. The number of hydrogen-bond donors (Lipinski definition) is 2. The third-order valence-corrected chi connectivity index (χ3v) is 4.65. The lowest BCUT2D eigenvalue weighted by Crippen LogP contribution is -2.28. The van der Waals surface area contributed by atoms with Crippen LogP contribution in [0.5, 0.6) is 0 Å². The van der Waals surface area contributed by atoms with E-state index in [0.717, 1.165) is 0 Å². The van der Waals surface area contributed by atoms with Gasteiger partial charge in [-0.1, -0.05) is 6.92 Å². The molecule has 0 saturated heterocycles. The molecular formula is C14H19N3O3S. The zero-order chi connectivity index (χ0) is 15.6. The summed E-state index contributed by atoms with van der Waals surface area (Å²) in [5.74, 6) is 0.0157. The summed E-state index contributed by atoms with van der Waals surface area (Å²) in [5, 5.41) is 12.2. The van der Waals surface area contributed by atoms with E-state index in [-0.39, 0.29) is 24.0 Å². The normalized spacial score (nSPS) is 12.6. The molecule has 2 aromatic heterocycles. The summed E-state index contributed by atoms with van der Waals surface area (Å²) in [6.45, 7) is 4.34. The quantitative estimate of drug-likeness (QED) is 0.865. The first-order valence-electron chi connectivity index (χ1n) is 6.79. The Morgan fingerprint density at radius 3 is 2.95 bits per heavy atom. The number of carbonyl (C=O) groups is 1. The third-order valence-electron chi connectivity index (χ3n) is 3.45. The van der Waals surface area contributed by atoms with Crippen LogP contribution < -0.4 is 10.9 Å². The second-order valence-electron chi connectivity index (χ2n) is 5.22. The van der Waals surface area contributed by atoms with Gasteiger partial charge in [-0.15, -0.1) is 11.3 Å². The summed E-state index contributed by atoms with van der Waals surface area (Å²) in [6, 6.07) is 0. The molecule has 0 fully saturated rings. The fourth-order valence-electron chi connectivity index (χ4n) is 2.10. The van der Waals surface area contributed by atoms with Gasteiger partial charge < -0.3 is 15.0 Å². The van der Waals surface area contributed by atoms with Crippen LogP contribution >= 0.6 is 11.3 Å². The highest BCUT2D eigenvalue weighted by atomic mass is 32.1. The number of hydrogen-bond acceptors (Lipinski definition) is 5. The molecule has 1 amide bonds. The number of amides is 1. The summed E-state index contributed by atoms with van der Waals surface area (Å²) in [7, 11) is 1.64. The molecule has 1 atom stereocenters. The fraction of sp³-hybridized carbons (Fsp3) is 0.500. The van der Waals surface area contributed by atoms with E-state index in [1.165, 1.54) is 22.2 Å². The predicted molar refractivity (Wildman–Crippen MR) is 82.8 cm³/mol. The van der Waals surface area contributed by atoms with Crippen molar-refractivity contribution in [2.24, 2.45) is 13.0 Å². The first-order valence-corrected chi connectivity index (χ1v) is 7.61. The van der Waals surface area contributed by atoms with Gasteiger partial charge in [0, 0.05) is 20.2 Å². The topological polar surface area (TPSA) is 84.2 Å². The summed E-state index contributed by atoms with van der Waals surface area (Å²) in [6.07, 6.45) is 2.11. The molecule has 0 aliphatic rings. The average molecular weight is 309 g/mol. The standard InChI is InChI=1S/C14H19N3O3S/c1-8(4-5-18)6-15-12(19)11-9(2)10-13(21-11)16-7-17(3)14(10)20/h7-8,18H,4-6H2,1-3H3,(H,15,19). The zero-order valence-corrected chi connectivity index (χ0v) is 13.2. The van der Waals surface area contributed by atoms with E-state index in [2.05, 4.69) is 10.3 Å². The third kappa shape index (κ3) is 3.14. The molecule has 6 nitrogen and oxygen atoms in total. The molecule has 2 aromatic rings. The molecule has 0 saturated carbocycles. The number of carbonyl (C=O) groups excluding carboxylic acids is 1. The number of thiophene rings is 1. The monoisotopic (exact) mass is 309 g/mol. The molecular weight excluding hydrogens is 290 g/mol. The summed E-state index contributed by atoms with van der Waals surface area (Å²) in [4.78, 5) is 29.7. The number of fused-ring (bicyclic) bond motifs is 1. The van der Waals surface area contributed by atoms with Crippen LogP contribution in [0.1, 0.15) is 28.6 Å². The van der Waals surface area contributed by atoms with Gasteiger partial charge in [-0.05, 0) is 24.8 Å². The number of rotatable bonds is 5. The van der Waals surface area contributed by atoms with Crippen LogP contribution in [0.25, 0.3) is 10.2 Å². The highest BCUT2D eigenvalue weighted by molar-refractivity contribution is 7.20. The van der Waals surface area contributed by atoms with E-state index in [0.29, 0.717) is 33.6 Å². The first-order chi connectivity index (χ1) is 9.95. The maximum absolute atomic E-state index is 12.2. The van der Waals surface area contributed by atoms with E-state index in [4.69, 9.17) is 5.11 Å². The molecule has 0 bridgehead atoms. The van der Waals surface area contributed by atoms with Gasteiger partial charge in [-0.2, -0.15) is 0 Å². The van der Waals surface area contributed by atoms with E-state index >= 15 is 0 Å². The van der Waals surface area contributed by atoms with Crippen molar-refractivity contribution in [2.75, 3.05) is 13.2 Å². The van der Waals surface area contributed by atoms with Crippen molar-refractivity contribution in [3.05, 3.63) is 27.1 Å². The number of aryl methyl sites for hydroxylation is 2. The molecule has 0 aliphatic heterocycles. The number of aliphatic hydroxyl groups excluding tert-OH is 1. The van der Waals surface area contributed by atoms with Crippen molar-refractivity contribution in [1.82, 2.24) is 14.9 Å². The highest BCUT2D eigenvalue weighted by Gasteiger charge is 2.19. The Labute approximate surface area is 126 Å². The van der Waals surface area contributed by atoms with Crippen molar-refractivity contribution in [1.29, 1.82) is 0 Å². The Morgan fingerprint density at radius 1 is 1.57 bits per heavy atom. The van der Waals surface area contributed by atoms with Gasteiger partial charge in [0.05, 0.1) is 16.6 Å². The van der Waals surface area contributed by atoms with Gasteiger partial charge >= 0.3 is 0 Å². The minimum Gasteiger partial charge on any atom is -0.396 e. The summed E-state index contributed by atoms with van der Waals surface area (Å²) in [5.41, 5.74) is 0.539. The number of nitrogens with zero attached hydrogens (tertiary/aromatic N) is 2. The average Bonchev–Trinajstić information content (AvgIpc) is 2.78. The highest BCUT2D eigenvalue weighted by Crippen LogP contribution is 2.26. The Morgan fingerprint density at radius 2 is 2.29 bits per heavy atom. The lowest BCUT2D eigenvalue weighted by molar-refractivity contribution is 0.0949. The first kappa shape index (κ1) is 15.7. The molecule has 1 unspecified atom stereocenters. The smallest absolute Gasteiger partial charge is 0.262 e. The van der Waals surface area contributed by atoms with Crippen LogP contribution in [0, 0.1) is 12.8 Å². The fourth-order valence-corrected chi connectivity index (χ4v) is 3.15. The van der Waals surface area contributed by atoms with E-state index in [9.17, 15) is 9.59 Å². The molecule has 2 N–H and O–H groups in total. The van der Waals surface area contributed by atoms with Crippen LogP contribution in [-0.2, 0) is 7.05 Å². The number of aromatic nitrogens is 2. The molecule has 2 rings (SSSR count). The lowest BCUT2D eigenvalue weighted by Gasteiger charge is -2.10. The van der Waals surface area contributed by atoms with Crippen LogP contribution in [0.2, 0.25) is 0 Å². The SMILES string of the molecule is Cc1c(C(=O)NCC(C)CCO)sc2ncn(C)c(=O)c12. The van der Waals surface area contributed by atoms with Crippen molar-refractivity contribution in [3.63, 3.8) is 0 Å². The van der Waals surface area contributed by atoms with E-state index in [1.807, 2.05) is 6.92 Å². The van der Waals surface area contributed by atoms with Crippen molar-refractivity contribution < 1.29 is 9.90 Å². The van der Waals surface area contributed by atoms with Crippen LogP contribution in [0.4, 0.5) is 0 Å². The van der Waals surface area contributed by atoms with Crippen molar-refractivity contribution >= 4 is 27.5 Å². The molecule has 0 spiro atoms. The molecule has 114 valence electrons. The Hall–Kier alpha value is -1.73. The molecule has 0 radical (unpaired) electrons. The molecule has 7 heteroatoms. The van der Waals surface area contributed by atoms with Gasteiger partial charge in [0.25, 0.3) is 11.5 Å². The predicted octanol–water partition coefficient (Wildman–Crippen LogP) is 1.05. The summed E-state index contributed by atoms with van der Waals surface area (Å²) < 4.78 is 1.41. The largest absolute Gasteiger partial charge is 0.396 e. The molecule has 0 aliphatic carbocycles. The maximum Gasteiger partial charge on any atom is 0.262 e. The van der Waals surface area contributed by atoms with Gasteiger partial charge in [0.15, 0.2) is 0 Å². The molecule has 2 heterocycles. The van der Waals surface area contributed by atoms with Crippen LogP contribution in [0.3, 0.4) is 0 Å². The molecule has 21 heavy (non-hydrogen) atoms. The Kier molecular flexibility index (Phi) is 4.74. The van der Waals surface area contributed by atoms with Crippen LogP contribution in [0.15, 0.2) is 11.1 Å². The van der Waals surface area contributed by atoms with Gasteiger partial charge in [0.1, 0.15) is 4.83 Å². The minimum absolute atomic E-state index is 0.110. The van der Waals surface area contributed by atoms with Gasteiger partial charge in [-0.25, -0.2) is 4.98 Å². The zero-order valence-electron chi connectivity index (χ0n) is 12.3. The molecule has 0 aromatic carbocycles. The second-order valence-corrected chi connectivity index (χ2v) is 6.22. The van der Waals surface area contributed by atoms with Crippen LogP contribution in [-0.4, -0.2) is 33.7 Å². The lowest BCUT2D eigenvalue weighted by atomic mass is 10.1. The Bertz CT molecular complexity index is 720.